The molecule has 1 aliphatic rings. The van der Waals surface area contributed by atoms with E-state index >= 15 is 0 Å². The van der Waals surface area contributed by atoms with Crippen molar-refractivity contribution in [3.05, 3.63) is 30.3 Å². The van der Waals surface area contributed by atoms with Crippen molar-refractivity contribution >= 4 is 17.6 Å². The van der Waals surface area contributed by atoms with Gasteiger partial charge in [-0.1, -0.05) is 18.2 Å². The SMILES string of the molecule is C[C@@H](NC(=O)NC[C@H]1CCCO1)C(=O)Nc1ccccc1. The number of hydrogen-bond acceptors (Lipinski definition) is 3. The van der Waals surface area contributed by atoms with Crippen LogP contribution in [0.25, 0.3) is 0 Å². The summed E-state index contributed by atoms with van der Waals surface area (Å²) in [6.45, 7) is 2.87. The Morgan fingerprint density at radius 3 is 2.76 bits per heavy atom. The van der Waals surface area contributed by atoms with Crippen LogP contribution in [0.3, 0.4) is 0 Å². The summed E-state index contributed by atoms with van der Waals surface area (Å²) in [4.78, 5) is 23.6. The summed E-state index contributed by atoms with van der Waals surface area (Å²) < 4.78 is 5.41. The van der Waals surface area contributed by atoms with Gasteiger partial charge in [-0.3, -0.25) is 4.79 Å². The first-order valence-corrected chi connectivity index (χ1v) is 7.17. The third-order valence-corrected chi connectivity index (χ3v) is 3.30. The number of amides is 3. The van der Waals surface area contributed by atoms with Gasteiger partial charge in [0.2, 0.25) is 5.91 Å². The van der Waals surface area contributed by atoms with E-state index in [0.717, 1.165) is 19.4 Å². The number of rotatable bonds is 5. The first kappa shape index (κ1) is 15.3. The highest BCUT2D eigenvalue weighted by Crippen LogP contribution is 2.10. The van der Waals surface area contributed by atoms with Gasteiger partial charge in [-0.15, -0.1) is 0 Å². The minimum atomic E-state index is -0.616. The van der Waals surface area contributed by atoms with E-state index in [-0.39, 0.29) is 18.0 Å². The number of benzene rings is 1. The van der Waals surface area contributed by atoms with Crippen LogP contribution in [0.2, 0.25) is 0 Å². The monoisotopic (exact) mass is 291 g/mol. The number of carbonyl (C=O) groups is 2. The predicted molar refractivity (Wildman–Crippen MR) is 80.0 cm³/mol. The molecule has 1 aromatic carbocycles. The Labute approximate surface area is 124 Å². The highest BCUT2D eigenvalue weighted by Gasteiger charge is 2.18. The molecule has 1 heterocycles. The van der Waals surface area contributed by atoms with Crippen molar-refractivity contribution in [3.63, 3.8) is 0 Å². The van der Waals surface area contributed by atoms with Gasteiger partial charge in [0.15, 0.2) is 0 Å². The molecule has 0 bridgehead atoms. The first-order chi connectivity index (χ1) is 10.1. The van der Waals surface area contributed by atoms with Crippen LogP contribution in [0.15, 0.2) is 30.3 Å². The number of hydrogen-bond donors (Lipinski definition) is 3. The highest BCUT2D eigenvalue weighted by atomic mass is 16.5. The van der Waals surface area contributed by atoms with Crippen molar-refractivity contribution in [2.45, 2.75) is 31.9 Å². The van der Waals surface area contributed by atoms with Crippen LogP contribution >= 0.6 is 0 Å². The molecule has 0 aromatic heterocycles. The number of urea groups is 1. The second-order valence-electron chi connectivity index (χ2n) is 5.07. The molecule has 0 unspecified atom stereocenters. The summed E-state index contributed by atoms with van der Waals surface area (Å²) >= 11 is 0. The molecule has 1 aromatic rings. The fourth-order valence-corrected chi connectivity index (χ4v) is 2.10. The summed E-state index contributed by atoms with van der Waals surface area (Å²) in [5, 5.41) is 8.06. The Balaban J connectivity index is 1.70. The van der Waals surface area contributed by atoms with E-state index in [2.05, 4.69) is 16.0 Å². The maximum Gasteiger partial charge on any atom is 0.315 e. The van der Waals surface area contributed by atoms with Crippen LogP contribution in [0, 0.1) is 0 Å². The van der Waals surface area contributed by atoms with Crippen LogP contribution in [0.1, 0.15) is 19.8 Å². The molecular weight excluding hydrogens is 270 g/mol. The lowest BCUT2D eigenvalue weighted by molar-refractivity contribution is -0.117. The van der Waals surface area contributed by atoms with Crippen molar-refractivity contribution in [2.24, 2.45) is 0 Å². The second-order valence-corrected chi connectivity index (χ2v) is 5.07. The van der Waals surface area contributed by atoms with Gasteiger partial charge in [-0.2, -0.15) is 0 Å². The van der Waals surface area contributed by atoms with Gasteiger partial charge in [-0.25, -0.2) is 4.79 Å². The van der Waals surface area contributed by atoms with E-state index in [1.54, 1.807) is 19.1 Å². The molecule has 1 saturated heterocycles. The van der Waals surface area contributed by atoms with E-state index in [0.29, 0.717) is 12.2 Å². The van der Waals surface area contributed by atoms with E-state index in [1.807, 2.05) is 18.2 Å². The molecule has 3 amide bonds. The van der Waals surface area contributed by atoms with E-state index < -0.39 is 6.04 Å². The number of carbonyl (C=O) groups excluding carboxylic acids is 2. The van der Waals surface area contributed by atoms with Gasteiger partial charge in [0, 0.05) is 18.8 Å². The van der Waals surface area contributed by atoms with Crippen molar-refractivity contribution in [2.75, 3.05) is 18.5 Å². The quantitative estimate of drug-likeness (QED) is 0.769. The van der Waals surface area contributed by atoms with Crippen LogP contribution in [0.5, 0.6) is 0 Å². The maximum absolute atomic E-state index is 11.9. The highest BCUT2D eigenvalue weighted by molar-refractivity contribution is 5.96. The minimum Gasteiger partial charge on any atom is -0.376 e. The molecule has 114 valence electrons. The molecule has 0 saturated carbocycles. The molecule has 1 aliphatic heterocycles. The molecule has 0 spiro atoms. The number of para-hydroxylation sites is 1. The summed E-state index contributed by atoms with van der Waals surface area (Å²) in [5.41, 5.74) is 0.705. The minimum absolute atomic E-state index is 0.0872. The zero-order chi connectivity index (χ0) is 15.1. The van der Waals surface area contributed by atoms with Crippen LogP contribution in [-0.4, -0.2) is 37.2 Å². The van der Waals surface area contributed by atoms with Crippen LogP contribution in [0.4, 0.5) is 10.5 Å². The Morgan fingerprint density at radius 1 is 1.33 bits per heavy atom. The molecule has 2 atom stereocenters. The van der Waals surface area contributed by atoms with Crippen LogP contribution in [-0.2, 0) is 9.53 Å². The zero-order valence-corrected chi connectivity index (χ0v) is 12.1. The number of anilines is 1. The number of ether oxygens (including phenoxy) is 1. The normalized spacial score (nSPS) is 18.8. The molecule has 2 rings (SSSR count). The third-order valence-electron chi connectivity index (χ3n) is 3.30. The van der Waals surface area contributed by atoms with E-state index in [1.165, 1.54) is 0 Å². The van der Waals surface area contributed by atoms with E-state index in [4.69, 9.17) is 4.74 Å². The molecule has 3 N–H and O–H groups in total. The lowest BCUT2D eigenvalue weighted by Crippen LogP contribution is -2.47. The van der Waals surface area contributed by atoms with Gasteiger partial charge in [0.1, 0.15) is 6.04 Å². The predicted octanol–water partition coefficient (Wildman–Crippen LogP) is 1.49. The number of nitrogens with one attached hydrogen (secondary N) is 3. The first-order valence-electron chi connectivity index (χ1n) is 7.17. The van der Waals surface area contributed by atoms with Gasteiger partial charge in [0.05, 0.1) is 6.10 Å². The van der Waals surface area contributed by atoms with Gasteiger partial charge >= 0.3 is 6.03 Å². The molecule has 0 radical (unpaired) electrons. The topological polar surface area (TPSA) is 79.5 Å². The molecule has 6 nitrogen and oxygen atoms in total. The standard InChI is InChI=1S/C15H21N3O3/c1-11(14(19)18-12-6-3-2-4-7-12)17-15(20)16-10-13-8-5-9-21-13/h2-4,6-7,11,13H,5,8-10H2,1H3,(H,18,19)(H2,16,17,20)/t11-,13-/m1/s1. The average Bonchev–Trinajstić information content (AvgIpc) is 2.99. The Hall–Kier alpha value is -2.08. The average molecular weight is 291 g/mol. The second kappa shape index (κ2) is 7.64. The maximum atomic E-state index is 11.9. The lowest BCUT2D eigenvalue weighted by atomic mass is 10.2. The summed E-state index contributed by atoms with van der Waals surface area (Å²) in [6.07, 6.45) is 2.08. The summed E-state index contributed by atoms with van der Waals surface area (Å²) in [6, 6.07) is 8.15. The molecule has 0 aliphatic carbocycles. The van der Waals surface area contributed by atoms with Crippen molar-refractivity contribution in [1.82, 2.24) is 10.6 Å². The van der Waals surface area contributed by atoms with E-state index in [9.17, 15) is 9.59 Å². The van der Waals surface area contributed by atoms with Crippen LogP contribution < -0.4 is 16.0 Å². The molecule has 6 heteroatoms. The Kier molecular flexibility index (Phi) is 5.57. The molecular formula is C15H21N3O3. The largest absolute Gasteiger partial charge is 0.376 e. The Morgan fingerprint density at radius 2 is 2.10 bits per heavy atom. The van der Waals surface area contributed by atoms with Crippen molar-refractivity contribution < 1.29 is 14.3 Å². The van der Waals surface area contributed by atoms with Crippen molar-refractivity contribution in [1.29, 1.82) is 0 Å². The Bertz CT molecular complexity index is 472. The fourth-order valence-electron chi connectivity index (χ4n) is 2.10. The third kappa shape index (κ3) is 5.07. The smallest absolute Gasteiger partial charge is 0.315 e. The molecule has 1 fully saturated rings. The van der Waals surface area contributed by atoms with Crippen molar-refractivity contribution in [3.8, 4) is 0 Å². The van der Waals surface area contributed by atoms with Gasteiger partial charge in [0.25, 0.3) is 0 Å². The molecule has 21 heavy (non-hydrogen) atoms. The lowest BCUT2D eigenvalue weighted by Gasteiger charge is -2.16. The summed E-state index contributed by atoms with van der Waals surface area (Å²) in [7, 11) is 0. The fraction of sp³-hybridized carbons (Fsp3) is 0.467. The summed E-state index contributed by atoms with van der Waals surface area (Å²) in [5.74, 6) is -0.256. The zero-order valence-electron chi connectivity index (χ0n) is 12.1. The van der Waals surface area contributed by atoms with Gasteiger partial charge < -0.3 is 20.7 Å². The van der Waals surface area contributed by atoms with Gasteiger partial charge in [-0.05, 0) is 31.9 Å².